The average Bonchev–Trinajstić information content (AvgIpc) is 3.26. The van der Waals surface area contributed by atoms with Gasteiger partial charge in [0.15, 0.2) is 0 Å². The van der Waals surface area contributed by atoms with Crippen LogP contribution in [-0.4, -0.2) is 30.1 Å². The Kier molecular flexibility index (Phi) is 3.56. The van der Waals surface area contributed by atoms with E-state index in [-0.39, 0.29) is 0 Å². The van der Waals surface area contributed by atoms with E-state index in [0.29, 0.717) is 24.2 Å². The Morgan fingerprint density at radius 1 is 1.26 bits per heavy atom. The van der Waals surface area contributed by atoms with Crippen LogP contribution in [0.2, 0.25) is 0 Å². The summed E-state index contributed by atoms with van der Waals surface area (Å²) < 4.78 is 0. The number of rotatable bonds is 5. The summed E-state index contributed by atoms with van der Waals surface area (Å²) in [5, 5.41) is 10.7. The van der Waals surface area contributed by atoms with Gasteiger partial charge in [-0.1, -0.05) is 12.1 Å². The lowest BCUT2D eigenvalue weighted by molar-refractivity contribution is 0.966. The molecular weight excluding hydrogens is 340 g/mol. The number of hydrogen-bond donors (Lipinski definition) is 4. The summed E-state index contributed by atoms with van der Waals surface area (Å²) in [6, 6.07) is 8.10. The molecule has 0 saturated heterocycles. The van der Waals surface area contributed by atoms with Crippen LogP contribution >= 0.6 is 0 Å². The van der Waals surface area contributed by atoms with Crippen molar-refractivity contribution in [3.8, 4) is 11.3 Å². The number of fused-ring (bicyclic) bond motifs is 1. The van der Waals surface area contributed by atoms with Crippen molar-refractivity contribution in [3.05, 3.63) is 47.5 Å². The summed E-state index contributed by atoms with van der Waals surface area (Å²) in [6.45, 7) is 2.51. The number of hydrogen-bond acceptors (Lipinski definition) is 6. The zero-order valence-corrected chi connectivity index (χ0v) is 15.0. The molecule has 1 saturated carbocycles. The van der Waals surface area contributed by atoms with Gasteiger partial charge in [-0.3, -0.25) is 5.10 Å². The SMILES string of the molecule is Cc1nc2c(CNc3ncc(-c4cc(C5CC5)[nH]n4)c(N)n3)cccc2[nH]1. The minimum absolute atomic E-state index is 0.412. The van der Waals surface area contributed by atoms with Crippen LogP contribution in [0.3, 0.4) is 0 Å². The van der Waals surface area contributed by atoms with Gasteiger partial charge in [0.2, 0.25) is 5.95 Å². The van der Waals surface area contributed by atoms with E-state index in [1.54, 1.807) is 6.20 Å². The van der Waals surface area contributed by atoms with Gasteiger partial charge in [0.1, 0.15) is 11.6 Å². The summed E-state index contributed by atoms with van der Waals surface area (Å²) in [5.74, 6) is 2.41. The number of nitrogens with zero attached hydrogens (tertiary/aromatic N) is 4. The highest BCUT2D eigenvalue weighted by Gasteiger charge is 2.26. The van der Waals surface area contributed by atoms with Gasteiger partial charge in [-0.2, -0.15) is 10.1 Å². The van der Waals surface area contributed by atoms with Crippen molar-refractivity contribution < 1.29 is 0 Å². The highest BCUT2D eigenvalue weighted by Crippen LogP contribution is 2.40. The number of imidazole rings is 1. The maximum atomic E-state index is 6.15. The third-order valence-electron chi connectivity index (χ3n) is 4.86. The first-order valence-corrected chi connectivity index (χ1v) is 9.03. The molecule has 1 fully saturated rings. The second-order valence-electron chi connectivity index (χ2n) is 6.96. The van der Waals surface area contributed by atoms with Crippen LogP contribution in [0.5, 0.6) is 0 Å². The molecule has 4 aromatic rings. The predicted molar refractivity (Wildman–Crippen MR) is 104 cm³/mol. The summed E-state index contributed by atoms with van der Waals surface area (Å²) in [5.41, 5.74) is 11.9. The number of para-hydroxylation sites is 1. The molecule has 0 unspecified atom stereocenters. The molecular formula is C19H20N8. The first kappa shape index (κ1) is 15.8. The van der Waals surface area contributed by atoms with Crippen molar-refractivity contribution in [3.63, 3.8) is 0 Å². The normalized spacial score (nSPS) is 14.0. The van der Waals surface area contributed by atoms with Gasteiger partial charge >= 0.3 is 0 Å². The van der Waals surface area contributed by atoms with E-state index < -0.39 is 0 Å². The highest BCUT2D eigenvalue weighted by atomic mass is 15.1. The van der Waals surface area contributed by atoms with Crippen LogP contribution in [0.4, 0.5) is 11.8 Å². The summed E-state index contributed by atoms with van der Waals surface area (Å²) in [7, 11) is 0. The number of benzene rings is 1. The molecule has 5 N–H and O–H groups in total. The van der Waals surface area contributed by atoms with Crippen LogP contribution in [0.25, 0.3) is 22.3 Å². The topological polar surface area (TPSA) is 121 Å². The lowest BCUT2D eigenvalue weighted by atomic mass is 10.2. The largest absolute Gasteiger partial charge is 0.383 e. The quantitative estimate of drug-likeness (QED) is 0.434. The maximum Gasteiger partial charge on any atom is 0.224 e. The predicted octanol–water partition coefficient (Wildman–Crippen LogP) is 3.12. The Labute approximate surface area is 155 Å². The van der Waals surface area contributed by atoms with Gasteiger partial charge in [-0.25, -0.2) is 9.97 Å². The number of nitrogen functional groups attached to an aromatic ring is 1. The van der Waals surface area contributed by atoms with Gasteiger partial charge in [0.25, 0.3) is 0 Å². The Morgan fingerprint density at radius 2 is 2.15 bits per heavy atom. The fourth-order valence-corrected chi connectivity index (χ4v) is 3.29. The monoisotopic (exact) mass is 360 g/mol. The molecule has 0 atom stereocenters. The van der Waals surface area contributed by atoms with Crippen LogP contribution < -0.4 is 11.1 Å². The maximum absolute atomic E-state index is 6.15. The molecule has 0 amide bonds. The number of nitrogens with one attached hydrogen (secondary N) is 3. The third kappa shape index (κ3) is 2.99. The van der Waals surface area contributed by atoms with Crippen molar-refractivity contribution in [1.29, 1.82) is 0 Å². The van der Waals surface area contributed by atoms with Crippen molar-refractivity contribution >= 4 is 22.8 Å². The third-order valence-corrected chi connectivity index (χ3v) is 4.86. The lowest BCUT2D eigenvalue weighted by Crippen LogP contribution is -2.06. The van der Waals surface area contributed by atoms with E-state index in [9.17, 15) is 0 Å². The van der Waals surface area contributed by atoms with Gasteiger partial charge in [0.05, 0.1) is 22.3 Å². The molecule has 3 heterocycles. The lowest BCUT2D eigenvalue weighted by Gasteiger charge is -2.08. The van der Waals surface area contributed by atoms with Gasteiger partial charge in [-0.15, -0.1) is 0 Å². The molecule has 1 aliphatic carbocycles. The van der Waals surface area contributed by atoms with Crippen molar-refractivity contribution in [2.45, 2.75) is 32.2 Å². The second kappa shape index (κ2) is 6.08. The molecule has 0 aliphatic heterocycles. The molecule has 3 aromatic heterocycles. The molecule has 5 rings (SSSR count). The minimum Gasteiger partial charge on any atom is -0.383 e. The number of aromatic amines is 2. The van der Waals surface area contributed by atoms with E-state index in [0.717, 1.165) is 39.4 Å². The zero-order chi connectivity index (χ0) is 18.4. The first-order chi connectivity index (χ1) is 13.2. The van der Waals surface area contributed by atoms with E-state index in [4.69, 9.17) is 5.73 Å². The molecule has 136 valence electrons. The van der Waals surface area contributed by atoms with Crippen LogP contribution in [0.15, 0.2) is 30.5 Å². The summed E-state index contributed by atoms with van der Waals surface area (Å²) >= 11 is 0. The van der Waals surface area contributed by atoms with E-state index in [1.165, 1.54) is 12.8 Å². The molecule has 0 spiro atoms. The van der Waals surface area contributed by atoms with Crippen LogP contribution in [-0.2, 0) is 6.54 Å². The number of nitrogens with two attached hydrogens (primary N) is 1. The average molecular weight is 360 g/mol. The van der Waals surface area contributed by atoms with Crippen LogP contribution in [0.1, 0.15) is 35.8 Å². The van der Waals surface area contributed by atoms with Gasteiger partial charge in [0, 0.05) is 24.4 Å². The van der Waals surface area contributed by atoms with Crippen LogP contribution in [0, 0.1) is 6.92 Å². The molecule has 1 aromatic carbocycles. The Balaban J connectivity index is 1.35. The molecule has 0 bridgehead atoms. The zero-order valence-electron chi connectivity index (χ0n) is 15.0. The van der Waals surface area contributed by atoms with E-state index >= 15 is 0 Å². The summed E-state index contributed by atoms with van der Waals surface area (Å²) in [6.07, 6.45) is 4.16. The van der Waals surface area contributed by atoms with E-state index in [1.807, 2.05) is 31.2 Å². The van der Waals surface area contributed by atoms with Gasteiger partial charge in [-0.05, 0) is 37.5 Å². The summed E-state index contributed by atoms with van der Waals surface area (Å²) in [4.78, 5) is 16.6. The number of aryl methyl sites for hydroxylation is 1. The molecule has 8 nitrogen and oxygen atoms in total. The van der Waals surface area contributed by atoms with Gasteiger partial charge < -0.3 is 16.0 Å². The minimum atomic E-state index is 0.412. The molecule has 0 radical (unpaired) electrons. The Hall–Kier alpha value is -3.42. The molecule has 27 heavy (non-hydrogen) atoms. The van der Waals surface area contributed by atoms with E-state index in [2.05, 4.69) is 35.5 Å². The Bertz CT molecular complexity index is 1120. The first-order valence-electron chi connectivity index (χ1n) is 9.03. The second-order valence-corrected chi connectivity index (χ2v) is 6.96. The standard InChI is InChI=1S/C19H20N8/c1-10-23-14-4-2-3-12(17(14)24-10)8-21-19-22-9-13(18(20)25-19)16-7-15(26-27-16)11-5-6-11/h2-4,7,9,11H,5-6,8H2,1H3,(H,23,24)(H,26,27)(H3,20,21,22,25). The smallest absolute Gasteiger partial charge is 0.224 e. The molecule has 1 aliphatic rings. The van der Waals surface area contributed by atoms with Crippen molar-refractivity contribution in [2.24, 2.45) is 0 Å². The number of anilines is 2. The number of H-pyrrole nitrogens is 2. The number of aromatic nitrogens is 6. The fraction of sp³-hybridized carbons (Fsp3) is 0.263. The fourth-order valence-electron chi connectivity index (χ4n) is 3.29. The van der Waals surface area contributed by atoms with Crippen molar-refractivity contribution in [2.75, 3.05) is 11.1 Å². The Morgan fingerprint density at radius 3 is 2.96 bits per heavy atom. The highest BCUT2D eigenvalue weighted by molar-refractivity contribution is 5.79. The van der Waals surface area contributed by atoms with Crippen molar-refractivity contribution in [1.82, 2.24) is 30.1 Å². The molecule has 8 heteroatoms.